The zero-order chi connectivity index (χ0) is 14.0. The molecule has 3 atom stereocenters. The summed E-state index contributed by atoms with van der Waals surface area (Å²) in [4.78, 5) is 2.64. The van der Waals surface area contributed by atoms with Gasteiger partial charge in [0.2, 0.25) is 0 Å². The molecule has 0 aromatic heterocycles. The summed E-state index contributed by atoms with van der Waals surface area (Å²) in [6.07, 6.45) is 4.92. The zero-order valence-corrected chi connectivity index (χ0v) is 13.2. The van der Waals surface area contributed by atoms with E-state index in [1.54, 1.807) is 0 Å². The molecule has 2 rings (SSSR count). The van der Waals surface area contributed by atoms with Gasteiger partial charge in [0.1, 0.15) is 0 Å². The summed E-state index contributed by atoms with van der Waals surface area (Å²) in [5.74, 6) is 1.56. The summed E-state index contributed by atoms with van der Waals surface area (Å²) >= 11 is 0. The topological polar surface area (TPSA) is 35.5 Å². The van der Waals surface area contributed by atoms with E-state index in [2.05, 4.69) is 31.0 Å². The molecule has 0 amide bonds. The lowest BCUT2D eigenvalue weighted by Crippen LogP contribution is -2.59. The fraction of sp³-hybridized carbons (Fsp3) is 1.00. The normalized spacial score (nSPS) is 35.4. The molecule has 1 saturated carbocycles. The average molecular weight is 268 g/mol. The first kappa shape index (κ1) is 15.3. The highest BCUT2D eigenvalue weighted by molar-refractivity contribution is 4.96. The number of likely N-dealkylation sites (tertiary alicyclic amines) is 1. The highest BCUT2D eigenvalue weighted by Gasteiger charge is 2.40. The van der Waals surface area contributed by atoms with Crippen LogP contribution in [0.15, 0.2) is 0 Å². The van der Waals surface area contributed by atoms with E-state index in [1.807, 2.05) is 6.92 Å². The fourth-order valence-electron chi connectivity index (χ4n) is 3.69. The quantitative estimate of drug-likeness (QED) is 0.803. The van der Waals surface area contributed by atoms with Crippen molar-refractivity contribution >= 4 is 0 Å². The Hall–Kier alpha value is -0.120. The molecule has 3 unspecified atom stereocenters. The van der Waals surface area contributed by atoms with Gasteiger partial charge in [-0.05, 0) is 51.9 Å². The van der Waals surface area contributed by atoms with Crippen molar-refractivity contribution in [2.75, 3.05) is 19.6 Å². The van der Waals surface area contributed by atoms with Crippen molar-refractivity contribution in [2.45, 2.75) is 71.1 Å². The summed E-state index contributed by atoms with van der Waals surface area (Å²) in [5.41, 5.74) is -0.552. The number of nitrogens with zero attached hydrogens (tertiary/aromatic N) is 1. The summed E-state index contributed by atoms with van der Waals surface area (Å²) < 4.78 is 0. The molecule has 1 heterocycles. The number of piperidine rings is 1. The Bertz CT molecular complexity index is 276. The maximum atomic E-state index is 10.2. The van der Waals surface area contributed by atoms with Gasteiger partial charge < -0.3 is 15.3 Å². The molecule has 2 bridgehead atoms. The second-order valence-corrected chi connectivity index (χ2v) is 7.26. The molecule has 1 saturated heterocycles. The first-order chi connectivity index (χ1) is 8.93. The summed E-state index contributed by atoms with van der Waals surface area (Å²) in [7, 11) is 0. The van der Waals surface area contributed by atoms with Crippen LogP contribution in [0, 0.1) is 11.8 Å². The third kappa shape index (κ3) is 3.71. The molecule has 2 fully saturated rings. The van der Waals surface area contributed by atoms with Gasteiger partial charge in [0, 0.05) is 31.7 Å². The predicted molar refractivity (Wildman–Crippen MR) is 80.2 cm³/mol. The van der Waals surface area contributed by atoms with E-state index >= 15 is 0 Å². The second kappa shape index (κ2) is 6.11. The largest absolute Gasteiger partial charge is 0.389 e. The Balaban J connectivity index is 1.94. The minimum Gasteiger partial charge on any atom is -0.389 e. The fourth-order valence-corrected chi connectivity index (χ4v) is 3.69. The lowest BCUT2D eigenvalue weighted by Gasteiger charge is -2.49. The van der Waals surface area contributed by atoms with E-state index in [-0.39, 0.29) is 0 Å². The predicted octanol–water partition coefficient (Wildman–Crippen LogP) is 2.25. The van der Waals surface area contributed by atoms with Crippen LogP contribution in [-0.4, -0.2) is 47.3 Å². The first-order valence-corrected chi connectivity index (χ1v) is 8.13. The Labute approximate surface area is 118 Å². The number of rotatable bonds is 5. The van der Waals surface area contributed by atoms with Crippen LogP contribution < -0.4 is 5.32 Å². The van der Waals surface area contributed by atoms with Gasteiger partial charge in [-0.3, -0.25) is 0 Å². The molecule has 0 aromatic carbocycles. The highest BCUT2D eigenvalue weighted by Crippen LogP contribution is 2.35. The van der Waals surface area contributed by atoms with Crippen molar-refractivity contribution in [2.24, 2.45) is 11.8 Å². The lowest BCUT2D eigenvalue weighted by molar-refractivity contribution is 0.00669. The van der Waals surface area contributed by atoms with Gasteiger partial charge in [-0.1, -0.05) is 13.3 Å². The number of hydrogen-bond acceptors (Lipinski definition) is 3. The molecule has 1 aliphatic heterocycles. The minimum absolute atomic E-state index is 0.552. The monoisotopic (exact) mass is 268 g/mol. The van der Waals surface area contributed by atoms with E-state index in [9.17, 15) is 5.11 Å². The van der Waals surface area contributed by atoms with Crippen LogP contribution in [0.3, 0.4) is 0 Å². The highest BCUT2D eigenvalue weighted by atomic mass is 16.3. The molecule has 0 radical (unpaired) electrons. The van der Waals surface area contributed by atoms with Crippen LogP contribution >= 0.6 is 0 Å². The summed E-state index contributed by atoms with van der Waals surface area (Å²) in [5, 5.41) is 13.9. The SMILES string of the molecule is CCC(C)(O)CNC1C2CCCC1CN(C(C)C)C2. The van der Waals surface area contributed by atoms with Crippen molar-refractivity contribution < 1.29 is 5.11 Å². The summed E-state index contributed by atoms with van der Waals surface area (Å²) in [6, 6.07) is 1.30. The maximum Gasteiger partial charge on any atom is 0.0741 e. The third-order valence-corrected chi connectivity index (χ3v) is 5.31. The van der Waals surface area contributed by atoms with Crippen LogP contribution in [0.2, 0.25) is 0 Å². The standard InChI is InChI=1S/C16H32N2O/c1-5-16(4,19)11-17-15-13-7-6-8-14(15)10-18(9-13)12(2)3/h12-15,17,19H,5-11H2,1-4H3. The molecule has 1 aliphatic carbocycles. The Morgan fingerprint density at radius 2 is 1.84 bits per heavy atom. The van der Waals surface area contributed by atoms with Crippen molar-refractivity contribution in [3.8, 4) is 0 Å². The van der Waals surface area contributed by atoms with Gasteiger partial charge >= 0.3 is 0 Å². The van der Waals surface area contributed by atoms with Gasteiger partial charge in [0.15, 0.2) is 0 Å². The molecule has 3 heteroatoms. The smallest absolute Gasteiger partial charge is 0.0741 e. The van der Waals surface area contributed by atoms with Crippen molar-refractivity contribution in [3.63, 3.8) is 0 Å². The Morgan fingerprint density at radius 1 is 1.26 bits per heavy atom. The van der Waals surface area contributed by atoms with Crippen LogP contribution in [0.25, 0.3) is 0 Å². The number of aliphatic hydroxyl groups is 1. The third-order valence-electron chi connectivity index (χ3n) is 5.31. The molecular formula is C16H32N2O. The van der Waals surface area contributed by atoms with Crippen LogP contribution in [0.1, 0.15) is 53.4 Å². The van der Waals surface area contributed by atoms with Crippen molar-refractivity contribution in [1.82, 2.24) is 10.2 Å². The van der Waals surface area contributed by atoms with E-state index in [1.165, 1.54) is 32.4 Å². The summed E-state index contributed by atoms with van der Waals surface area (Å²) in [6.45, 7) is 11.8. The average Bonchev–Trinajstić information content (AvgIpc) is 2.35. The molecule has 3 nitrogen and oxygen atoms in total. The maximum absolute atomic E-state index is 10.2. The van der Waals surface area contributed by atoms with Crippen molar-refractivity contribution in [1.29, 1.82) is 0 Å². The molecule has 0 aromatic rings. The minimum atomic E-state index is -0.552. The van der Waals surface area contributed by atoms with E-state index in [0.717, 1.165) is 24.8 Å². The Morgan fingerprint density at radius 3 is 2.32 bits per heavy atom. The molecule has 2 aliphatic rings. The lowest BCUT2D eigenvalue weighted by atomic mass is 9.73. The molecular weight excluding hydrogens is 236 g/mol. The van der Waals surface area contributed by atoms with E-state index in [4.69, 9.17) is 0 Å². The Kier molecular flexibility index (Phi) is 4.91. The molecule has 19 heavy (non-hydrogen) atoms. The number of hydrogen-bond donors (Lipinski definition) is 2. The van der Waals surface area contributed by atoms with Gasteiger partial charge in [-0.15, -0.1) is 0 Å². The zero-order valence-electron chi connectivity index (χ0n) is 13.2. The van der Waals surface area contributed by atoms with Crippen molar-refractivity contribution in [3.05, 3.63) is 0 Å². The van der Waals surface area contributed by atoms with Gasteiger partial charge in [0.05, 0.1) is 5.60 Å². The number of nitrogens with one attached hydrogen (secondary N) is 1. The van der Waals surface area contributed by atoms with Gasteiger partial charge in [-0.2, -0.15) is 0 Å². The molecule has 0 spiro atoms. The van der Waals surface area contributed by atoms with Crippen LogP contribution in [0.4, 0.5) is 0 Å². The van der Waals surface area contributed by atoms with Gasteiger partial charge in [0.25, 0.3) is 0 Å². The van der Waals surface area contributed by atoms with Crippen LogP contribution in [0.5, 0.6) is 0 Å². The van der Waals surface area contributed by atoms with E-state index in [0.29, 0.717) is 12.1 Å². The first-order valence-electron chi connectivity index (χ1n) is 8.13. The molecule has 112 valence electrons. The van der Waals surface area contributed by atoms with Crippen LogP contribution in [-0.2, 0) is 0 Å². The van der Waals surface area contributed by atoms with E-state index < -0.39 is 5.60 Å². The number of fused-ring (bicyclic) bond motifs is 2. The van der Waals surface area contributed by atoms with Gasteiger partial charge in [-0.25, -0.2) is 0 Å². The second-order valence-electron chi connectivity index (χ2n) is 7.26. The molecule has 2 N–H and O–H groups in total.